The Balaban J connectivity index is 1.67. The fourth-order valence-electron chi connectivity index (χ4n) is 4.18. The van der Waals surface area contributed by atoms with E-state index in [1.807, 2.05) is 48.7 Å². The molecule has 0 saturated carbocycles. The van der Waals surface area contributed by atoms with Gasteiger partial charge in [-0.1, -0.05) is 22.0 Å². The van der Waals surface area contributed by atoms with E-state index in [-0.39, 0.29) is 17.9 Å². The minimum absolute atomic E-state index is 0.168. The van der Waals surface area contributed by atoms with Gasteiger partial charge in [0.25, 0.3) is 0 Å². The van der Waals surface area contributed by atoms with Gasteiger partial charge in [-0.05, 0) is 91.4 Å². The zero-order valence-electron chi connectivity index (χ0n) is 17.2. The third-order valence-corrected chi connectivity index (χ3v) is 6.55. The fourth-order valence-corrected chi connectivity index (χ4v) is 4.79. The van der Waals surface area contributed by atoms with Crippen LogP contribution >= 0.6 is 28.1 Å². The van der Waals surface area contributed by atoms with E-state index in [9.17, 15) is 4.39 Å². The molecule has 0 unspecified atom stereocenters. The number of thiocarbonyl (C=S) groups is 1. The van der Waals surface area contributed by atoms with E-state index in [2.05, 4.69) is 53.9 Å². The summed E-state index contributed by atoms with van der Waals surface area (Å²) < 4.78 is 17.2. The van der Waals surface area contributed by atoms with E-state index in [0.29, 0.717) is 10.7 Å². The third kappa shape index (κ3) is 3.72. The molecule has 2 aromatic heterocycles. The van der Waals surface area contributed by atoms with Crippen molar-refractivity contribution >= 4 is 38.9 Å². The molecule has 1 saturated heterocycles. The van der Waals surface area contributed by atoms with Gasteiger partial charge in [-0.3, -0.25) is 4.98 Å². The van der Waals surface area contributed by atoms with Gasteiger partial charge in [0.2, 0.25) is 0 Å². The Hall–Kier alpha value is -3.03. The normalized spacial score (nSPS) is 18.1. The number of nitrogens with one attached hydrogen (secondary N) is 1. The van der Waals surface area contributed by atoms with Crippen molar-refractivity contribution in [3.8, 4) is 5.69 Å². The molecule has 0 radical (unpaired) electrons. The van der Waals surface area contributed by atoms with Crippen LogP contribution in [0.4, 0.5) is 10.1 Å². The molecule has 160 valence electrons. The minimum Gasteiger partial charge on any atom is -0.351 e. The topological polar surface area (TPSA) is 33.1 Å². The molecule has 1 aliphatic rings. The molecule has 4 aromatic rings. The van der Waals surface area contributed by atoms with Crippen LogP contribution in [0.15, 0.2) is 89.7 Å². The van der Waals surface area contributed by atoms with Gasteiger partial charge in [-0.2, -0.15) is 0 Å². The number of halogens is 2. The summed E-state index contributed by atoms with van der Waals surface area (Å²) in [5, 5.41) is 4.04. The maximum atomic E-state index is 14.0. The first kappa shape index (κ1) is 20.8. The first-order valence-electron chi connectivity index (χ1n) is 10.2. The van der Waals surface area contributed by atoms with Crippen molar-refractivity contribution in [2.75, 3.05) is 4.90 Å². The molecule has 2 atom stereocenters. The van der Waals surface area contributed by atoms with E-state index >= 15 is 0 Å². The van der Waals surface area contributed by atoms with Gasteiger partial charge in [0.15, 0.2) is 5.11 Å². The standard InChI is InChI=1S/C25H20BrFN4S/c1-16-15-19(11-12-20(16)27)31-24(23(29-25(31)32)21-5-2-3-13-28-21)22-6-4-14-30(22)18-9-7-17(26)8-10-18/h2-15,23-24H,1H3,(H,29,32)/t23-,24+/m1/s1. The Labute approximate surface area is 199 Å². The lowest BCUT2D eigenvalue weighted by molar-refractivity contribution is 0.549. The van der Waals surface area contributed by atoms with Crippen molar-refractivity contribution in [1.82, 2.24) is 14.9 Å². The maximum absolute atomic E-state index is 14.0. The monoisotopic (exact) mass is 506 g/mol. The average molecular weight is 507 g/mol. The zero-order chi connectivity index (χ0) is 22.2. The lowest BCUT2D eigenvalue weighted by Crippen LogP contribution is -2.30. The van der Waals surface area contributed by atoms with Crippen LogP contribution in [0.1, 0.15) is 29.0 Å². The van der Waals surface area contributed by atoms with Gasteiger partial charge in [0.05, 0.1) is 11.7 Å². The smallest absolute Gasteiger partial charge is 0.174 e. The number of hydrogen-bond acceptors (Lipinski definition) is 2. The summed E-state index contributed by atoms with van der Waals surface area (Å²) in [7, 11) is 0. The van der Waals surface area contributed by atoms with Crippen LogP contribution in [0, 0.1) is 12.7 Å². The summed E-state index contributed by atoms with van der Waals surface area (Å²) in [6, 6.07) is 22.9. The molecule has 7 heteroatoms. The van der Waals surface area contributed by atoms with Gasteiger partial charge in [0.1, 0.15) is 11.9 Å². The second kappa shape index (κ2) is 8.48. The molecule has 0 spiro atoms. The number of nitrogens with zero attached hydrogens (tertiary/aromatic N) is 3. The van der Waals surface area contributed by atoms with Gasteiger partial charge in [0, 0.05) is 33.9 Å². The lowest BCUT2D eigenvalue weighted by Gasteiger charge is -2.29. The predicted octanol–water partition coefficient (Wildman–Crippen LogP) is 6.26. The average Bonchev–Trinajstić information content (AvgIpc) is 3.41. The summed E-state index contributed by atoms with van der Waals surface area (Å²) in [4.78, 5) is 6.67. The molecule has 0 aliphatic carbocycles. The highest BCUT2D eigenvalue weighted by molar-refractivity contribution is 9.10. The van der Waals surface area contributed by atoms with E-state index in [0.717, 1.165) is 27.2 Å². The second-order valence-corrected chi connectivity index (χ2v) is 9.01. The van der Waals surface area contributed by atoms with E-state index < -0.39 is 0 Å². The summed E-state index contributed by atoms with van der Waals surface area (Å²) in [6.45, 7) is 1.77. The highest BCUT2D eigenvalue weighted by atomic mass is 79.9. The Morgan fingerprint density at radius 1 is 1.00 bits per heavy atom. The van der Waals surface area contributed by atoms with Gasteiger partial charge in [-0.25, -0.2) is 4.39 Å². The third-order valence-electron chi connectivity index (χ3n) is 5.71. The van der Waals surface area contributed by atoms with Crippen LogP contribution in [0.2, 0.25) is 0 Å². The molecule has 1 N–H and O–H groups in total. The van der Waals surface area contributed by atoms with Crippen LogP contribution in [-0.2, 0) is 0 Å². The summed E-state index contributed by atoms with van der Waals surface area (Å²) in [6.07, 6.45) is 3.83. The zero-order valence-corrected chi connectivity index (χ0v) is 19.6. The first-order chi connectivity index (χ1) is 15.5. The Morgan fingerprint density at radius 3 is 2.50 bits per heavy atom. The predicted molar refractivity (Wildman–Crippen MR) is 133 cm³/mol. The molecule has 1 fully saturated rings. The SMILES string of the molecule is Cc1cc(N2C(=S)N[C@H](c3ccccn3)[C@@H]2c2cccn2-c2ccc(Br)cc2)ccc1F. The fraction of sp³-hybridized carbons (Fsp3) is 0.120. The quantitative estimate of drug-likeness (QED) is 0.331. The number of rotatable bonds is 4. The van der Waals surface area contributed by atoms with Gasteiger partial charge >= 0.3 is 0 Å². The largest absolute Gasteiger partial charge is 0.351 e. The summed E-state index contributed by atoms with van der Waals surface area (Å²) in [5.41, 5.74) is 4.41. The van der Waals surface area contributed by atoms with Crippen LogP contribution in [0.3, 0.4) is 0 Å². The molecule has 32 heavy (non-hydrogen) atoms. The first-order valence-corrected chi connectivity index (χ1v) is 11.4. The summed E-state index contributed by atoms with van der Waals surface area (Å²) >= 11 is 9.29. The molecule has 3 heterocycles. The van der Waals surface area contributed by atoms with Gasteiger partial charge < -0.3 is 14.8 Å². The van der Waals surface area contributed by atoms with E-state index in [1.165, 1.54) is 6.07 Å². The highest BCUT2D eigenvalue weighted by Crippen LogP contribution is 2.42. The van der Waals surface area contributed by atoms with Crippen molar-refractivity contribution in [1.29, 1.82) is 0 Å². The molecule has 5 rings (SSSR count). The molecule has 0 bridgehead atoms. The summed E-state index contributed by atoms with van der Waals surface area (Å²) in [5.74, 6) is -0.233. The lowest BCUT2D eigenvalue weighted by atomic mass is 10.0. The number of anilines is 1. The number of aromatic nitrogens is 2. The Morgan fingerprint density at radius 2 is 1.78 bits per heavy atom. The van der Waals surface area contributed by atoms with E-state index in [4.69, 9.17) is 12.2 Å². The van der Waals surface area contributed by atoms with Crippen LogP contribution < -0.4 is 10.2 Å². The Bertz CT molecular complexity index is 1270. The number of aryl methyl sites for hydroxylation is 1. The molecule has 2 aromatic carbocycles. The number of benzene rings is 2. The van der Waals surface area contributed by atoms with Crippen LogP contribution in [0.5, 0.6) is 0 Å². The number of pyridine rings is 1. The molecule has 1 aliphatic heterocycles. The van der Waals surface area contributed by atoms with Crippen molar-refractivity contribution in [3.63, 3.8) is 0 Å². The Kier molecular flexibility index (Phi) is 5.53. The van der Waals surface area contributed by atoms with Crippen molar-refractivity contribution < 1.29 is 4.39 Å². The molecular weight excluding hydrogens is 487 g/mol. The molecular formula is C25H20BrFN4S. The second-order valence-electron chi connectivity index (χ2n) is 7.71. The van der Waals surface area contributed by atoms with Crippen molar-refractivity contribution in [2.24, 2.45) is 0 Å². The van der Waals surface area contributed by atoms with Crippen LogP contribution in [0.25, 0.3) is 5.69 Å². The van der Waals surface area contributed by atoms with Crippen molar-refractivity contribution in [2.45, 2.75) is 19.0 Å². The van der Waals surface area contributed by atoms with E-state index in [1.54, 1.807) is 19.2 Å². The molecule has 0 amide bonds. The highest BCUT2D eigenvalue weighted by Gasteiger charge is 2.42. The van der Waals surface area contributed by atoms with Crippen molar-refractivity contribution in [3.05, 3.63) is 112 Å². The molecule has 4 nitrogen and oxygen atoms in total. The van der Waals surface area contributed by atoms with Gasteiger partial charge in [-0.15, -0.1) is 0 Å². The maximum Gasteiger partial charge on any atom is 0.174 e. The minimum atomic E-state index is -0.233. The number of hydrogen-bond donors (Lipinski definition) is 1. The van der Waals surface area contributed by atoms with Crippen LogP contribution in [-0.4, -0.2) is 14.7 Å².